The van der Waals surface area contributed by atoms with Crippen LogP contribution in [0.25, 0.3) is 10.9 Å². The first-order valence-corrected chi connectivity index (χ1v) is 9.03. The van der Waals surface area contributed by atoms with Crippen LogP contribution in [0.1, 0.15) is 33.6 Å². The first kappa shape index (κ1) is 16.7. The summed E-state index contributed by atoms with van der Waals surface area (Å²) in [5.41, 5.74) is 4.63. The molecule has 0 saturated carbocycles. The minimum absolute atomic E-state index is 0.0604. The number of nitrogens with one attached hydrogen (secondary N) is 2. The number of hydrogen-bond donors (Lipinski definition) is 2. The van der Waals surface area contributed by atoms with Crippen LogP contribution in [0.5, 0.6) is 0 Å². The molecule has 0 spiro atoms. The van der Waals surface area contributed by atoms with E-state index in [1.807, 2.05) is 13.8 Å². The highest BCUT2D eigenvalue weighted by molar-refractivity contribution is 7.11. The lowest BCUT2D eigenvalue weighted by molar-refractivity contribution is -0.121. The molecular weight excluding hydrogens is 318 g/mol. The number of fused-ring (bicyclic) bond motifs is 1. The number of para-hydroxylation sites is 1. The third kappa shape index (κ3) is 3.51. The Balaban J connectivity index is 1.64. The van der Waals surface area contributed by atoms with E-state index in [0.717, 1.165) is 22.0 Å². The van der Waals surface area contributed by atoms with Gasteiger partial charge in [-0.2, -0.15) is 0 Å². The first-order valence-electron chi connectivity index (χ1n) is 8.22. The van der Waals surface area contributed by atoms with Crippen LogP contribution in [-0.2, 0) is 17.6 Å². The Morgan fingerprint density at radius 3 is 2.83 bits per heavy atom. The number of rotatable bonds is 5. The van der Waals surface area contributed by atoms with Crippen LogP contribution in [0.2, 0.25) is 0 Å². The number of thiazole rings is 1. The predicted molar refractivity (Wildman–Crippen MR) is 99.6 cm³/mol. The number of amides is 1. The first-order chi connectivity index (χ1) is 11.4. The molecule has 126 valence electrons. The van der Waals surface area contributed by atoms with Gasteiger partial charge in [0.1, 0.15) is 0 Å². The quantitative estimate of drug-likeness (QED) is 0.741. The molecule has 0 fully saturated rings. The van der Waals surface area contributed by atoms with E-state index < -0.39 is 0 Å². The molecule has 0 radical (unpaired) electrons. The molecule has 5 heteroatoms. The van der Waals surface area contributed by atoms with Gasteiger partial charge in [-0.15, -0.1) is 11.3 Å². The van der Waals surface area contributed by atoms with E-state index in [2.05, 4.69) is 53.5 Å². The minimum Gasteiger partial charge on any atom is -0.361 e. The van der Waals surface area contributed by atoms with Crippen molar-refractivity contribution in [2.75, 3.05) is 0 Å². The molecule has 2 heterocycles. The standard InChI is InChI=1S/C19H23N3OS/c1-11-6-5-7-16-15(10-20-19(11)16)8-12(2)21-18(23)9-17-13(3)22-14(4)24-17/h5-7,10,12,20H,8-9H2,1-4H3,(H,21,23)/t12-/m0/s1. The number of nitrogens with zero attached hydrogens (tertiary/aromatic N) is 1. The van der Waals surface area contributed by atoms with Gasteiger partial charge < -0.3 is 10.3 Å². The Morgan fingerprint density at radius 2 is 2.12 bits per heavy atom. The van der Waals surface area contributed by atoms with Crippen molar-refractivity contribution in [1.29, 1.82) is 0 Å². The van der Waals surface area contributed by atoms with Crippen molar-refractivity contribution in [3.63, 3.8) is 0 Å². The van der Waals surface area contributed by atoms with E-state index in [4.69, 9.17) is 0 Å². The molecular formula is C19H23N3OS. The van der Waals surface area contributed by atoms with Crippen molar-refractivity contribution in [1.82, 2.24) is 15.3 Å². The van der Waals surface area contributed by atoms with Crippen LogP contribution < -0.4 is 5.32 Å². The smallest absolute Gasteiger partial charge is 0.225 e. The number of H-pyrrole nitrogens is 1. The van der Waals surface area contributed by atoms with Crippen LogP contribution in [-0.4, -0.2) is 21.9 Å². The topological polar surface area (TPSA) is 57.8 Å². The van der Waals surface area contributed by atoms with E-state index in [9.17, 15) is 4.79 Å². The average molecular weight is 341 g/mol. The number of hydrogen-bond acceptors (Lipinski definition) is 3. The molecule has 1 amide bonds. The summed E-state index contributed by atoms with van der Waals surface area (Å²) in [5, 5.41) is 5.36. The maximum atomic E-state index is 12.3. The Hall–Kier alpha value is -2.14. The molecule has 2 N–H and O–H groups in total. The van der Waals surface area contributed by atoms with Crippen molar-refractivity contribution in [2.24, 2.45) is 0 Å². The molecule has 1 atom stereocenters. The Morgan fingerprint density at radius 1 is 1.33 bits per heavy atom. The lowest BCUT2D eigenvalue weighted by Crippen LogP contribution is -2.35. The zero-order chi connectivity index (χ0) is 17.3. The highest BCUT2D eigenvalue weighted by Crippen LogP contribution is 2.22. The van der Waals surface area contributed by atoms with E-state index >= 15 is 0 Å². The Bertz CT molecular complexity index is 878. The van der Waals surface area contributed by atoms with Crippen molar-refractivity contribution < 1.29 is 4.79 Å². The van der Waals surface area contributed by atoms with Gasteiger partial charge in [0, 0.05) is 28.0 Å². The SMILES string of the molecule is Cc1nc(C)c(CC(=O)N[C@@H](C)Cc2c[nH]c3c(C)cccc23)s1. The van der Waals surface area contributed by atoms with Gasteiger partial charge >= 0.3 is 0 Å². The zero-order valence-corrected chi connectivity index (χ0v) is 15.4. The van der Waals surface area contributed by atoms with Crippen molar-refractivity contribution in [3.05, 3.63) is 51.1 Å². The summed E-state index contributed by atoms with van der Waals surface area (Å²) in [6.07, 6.45) is 3.28. The largest absolute Gasteiger partial charge is 0.361 e. The minimum atomic E-state index is 0.0604. The van der Waals surface area contributed by atoms with Gasteiger partial charge in [-0.3, -0.25) is 4.79 Å². The van der Waals surface area contributed by atoms with E-state index in [0.29, 0.717) is 6.42 Å². The van der Waals surface area contributed by atoms with Crippen LogP contribution in [0.4, 0.5) is 0 Å². The molecule has 0 aliphatic carbocycles. The zero-order valence-electron chi connectivity index (χ0n) is 14.6. The molecule has 3 aromatic rings. The second-order valence-corrected chi connectivity index (χ2v) is 7.69. The summed E-state index contributed by atoms with van der Waals surface area (Å²) in [6, 6.07) is 6.40. The number of benzene rings is 1. The molecule has 0 aliphatic heterocycles. The molecule has 24 heavy (non-hydrogen) atoms. The van der Waals surface area contributed by atoms with Gasteiger partial charge in [-0.05, 0) is 45.2 Å². The second-order valence-electron chi connectivity index (χ2n) is 6.40. The van der Waals surface area contributed by atoms with Crippen molar-refractivity contribution in [3.8, 4) is 0 Å². The highest BCUT2D eigenvalue weighted by atomic mass is 32.1. The van der Waals surface area contributed by atoms with Crippen LogP contribution in [0.3, 0.4) is 0 Å². The molecule has 2 aromatic heterocycles. The van der Waals surface area contributed by atoms with Crippen molar-refractivity contribution >= 4 is 28.1 Å². The maximum Gasteiger partial charge on any atom is 0.225 e. The van der Waals surface area contributed by atoms with Crippen LogP contribution in [0, 0.1) is 20.8 Å². The monoisotopic (exact) mass is 341 g/mol. The molecule has 3 rings (SSSR count). The molecule has 0 bridgehead atoms. The summed E-state index contributed by atoms with van der Waals surface area (Å²) >= 11 is 1.60. The maximum absolute atomic E-state index is 12.3. The summed E-state index contributed by atoms with van der Waals surface area (Å²) < 4.78 is 0. The third-order valence-electron chi connectivity index (χ3n) is 4.26. The fraction of sp³-hybridized carbons (Fsp3) is 0.368. The number of aromatic nitrogens is 2. The number of carbonyl (C=O) groups excluding carboxylic acids is 1. The second kappa shape index (κ2) is 6.77. The molecule has 0 unspecified atom stereocenters. The molecule has 0 aliphatic rings. The normalized spacial score (nSPS) is 12.5. The molecule has 0 saturated heterocycles. The van der Waals surface area contributed by atoms with Gasteiger partial charge in [-0.1, -0.05) is 18.2 Å². The lowest BCUT2D eigenvalue weighted by Gasteiger charge is -2.13. The Kier molecular flexibility index (Phi) is 4.71. The highest BCUT2D eigenvalue weighted by Gasteiger charge is 2.14. The van der Waals surface area contributed by atoms with Gasteiger partial charge in [-0.25, -0.2) is 4.98 Å². The summed E-state index contributed by atoms with van der Waals surface area (Å²) in [5.74, 6) is 0.0604. The number of carbonyl (C=O) groups is 1. The van der Waals surface area contributed by atoms with E-state index in [1.165, 1.54) is 22.0 Å². The lowest BCUT2D eigenvalue weighted by atomic mass is 10.0. The third-order valence-corrected chi connectivity index (χ3v) is 5.34. The Labute approximate surface area is 146 Å². The van der Waals surface area contributed by atoms with E-state index in [1.54, 1.807) is 11.3 Å². The van der Waals surface area contributed by atoms with Crippen LogP contribution in [0.15, 0.2) is 24.4 Å². The van der Waals surface area contributed by atoms with E-state index in [-0.39, 0.29) is 11.9 Å². The van der Waals surface area contributed by atoms with Gasteiger partial charge in [0.05, 0.1) is 17.1 Å². The number of aryl methyl sites for hydroxylation is 3. The van der Waals surface area contributed by atoms with Gasteiger partial charge in [0.2, 0.25) is 5.91 Å². The average Bonchev–Trinajstić information content (AvgIpc) is 3.04. The van der Waals surface area contributed by atoms with Gasteiger partial charge in [0.25, 0.3) is 0 Å². The number of aromatic amines is 1. The van der Waals surface area contributed by atoms with Gasteiger partial charge in [0.15, 0.2) is 0 Å². The predicted octanol–water partition coefficient (Wildman–Crippen LogP) is 3.84. The fourth-order valence-corrected chi connectivity index (χ4v) is 4.06. The summed E-state index contributed by atoms with van der Waals surface area (Å²) in [6.45, 7) is 8.09. The summed E-state index contributed by atoms with van der Waals surface area (Å²) in [7, 11) is 0. The summed E-state index contributed by atoms with van der Waals surface area (Å²) in [4.78, 5) is 21.1. The molecule has 1 aromatic carbocycles. The van der Waals surface area contributed by atoms with Crippen LogP contribution >= 0.6 is 11.3 Å². The molecule has 4 nitrogen and oxygen atoms in total. The fourth-order valence-electron chi connectivity index (χ4n) is 3.12. The van der Waals surface area contributed by atoms with Crippen molar-refractivity contribution in [2.45, 2.75) is 46.6 Å².